The zero-order valence-corrected chi connectivity index (χ0v) is 8.63. The topological polar surface area (TPSA) is 74.1 Å². The molecular weight excluding hydrogens is 218 g/mol. The molecule has 0 aromatic carbocycles. The first-order chi connectivity index (χ1) is 6.00. The third kappa shape index (κ3) is 1.92. The molecule has 0 saturated carbocycles. The number of aromatic nitrogens is 3. The van der Waals surface area contributed by atoms with E-state index in [1.165, 1.54) is 11.7 Å². The van der Waals surface area contributed by atoms with Gasteiger partial charge in [-0.15, -0.1) is 5.10 Å². The first-order valence-electron chi connectivity index (χ1n) is 3.42. The molecule has 0 bridgehead atoms. The largest absolute Gasteiger partial charge is 0.467 e. The van der Waals surface area contributed by atoms with Crippen LogP contribution < -0.4 is 4.74 Å². The van der Waals surface area contributed by atoms with Crippen molar-refractivity contribution in [1.29, 1.82) is 0 Å². The third-order valence-corrected chi connectivity index (χ3v) is 2.55. The van der Waals surface area contributed by atoms with Gasteiger partial charge in [0.2, 0.25) is 0 Å². The van der Waals surface area contributed by atoms with Gasteiger partial charge >= 0.3 is 6.01 Å². The first-order valence-corrected chi connectivity index (χ1v) is 5.73. The fourth-order valence-corrected chi connectivity index (χ4v) is 1.83. The highest BCUT2D eigenvalue weighted by Crippen LogP contribution is 2.17. The van der Waals surface area contributed by atoms with Gasteiger partial charge in [-0.1, -0.05) is 5.10 Å². The molecular formula is C5H8ClN3O3S. The van der Waals surface area contributed by atoms with Crippen LogP contribution in [0.15, 0.2) is 5.16 Å². The maximum Gasteiger partial charge on any atom is 0.317 e. The van der Waals surface area contributed by atoms with Gasteiger partial charge in [0, 0.05) is 17.2 Å². The second kappa shape index (κ2) is 3.51. The molecule has 0 aliphatic heterocycles. The highest BCUT2D eigenvalue weighted by Gasteiger charge is 2.21. The van der Waals surface area contributed by atoms with E-state index in [-0.39, 0.29) is 11.2 Å². The van der Waals surface area contributed by atoms with E-state index in [1.807, 2.05) is 0 Å². The Morgan fingerprint density at radius 2 is 2.15 bits per heavy atom. The van der Waals surface area contributed by atoms with Gasteiger partial charge in [0.25, 0.3) is 14.2 Å². The van der Waals surface area contributed by atoms with Crippen LogP contribution in [0.2, 0.25) is 0 Å². The molecule has 1 aromatic heterocycles. The second-order valence-corrected chi connectivity index (χ2v) is 4.61. The normalized spacial score (nSPS) is 11.6. The lowest BCUT2D eigenvalue weighted by Crippen LogP contribution is -2.06. The zero-order chi connectivity index (χ0) is 10.1. The first kappa shape index (κ1) is 10.3. The maximum atomic E-state index is 10.9. The monoisotopic (exact) mass is 225 g/mol. The van der Waals surface area contributed by atoms with Crippen molar-refractivity contribution >= 4 is 19.7 Å². The quantitative estimate of drug-likeness (QED) is 0.689. The minimum atomic E-state index is -3.85. The summed E-state index contributed by atoms with van der Waals surface area (Å²) in [6.45, 7) is 2.11. The van der Waals surface area contributed by atoms with Crippen LogP contribution in [0.25, 0.3) is 0 Å². The van der Waals surface area contributed by atoms with Crippen LogP contribution in [-0.4, -0.2) is 30.3 Å². The van der Waals surface area contributed by atoms with Gasteiger partial charge in [-0.25, -0.2) is 8.42 Å². The van der Waals surface area contributed by atoms with Crippen LogP contribution in [0.4, 0.5) is 0 Å². The summed E-state index contributed by atoms with van der Waals surface area (Å²) in [5.41, 5.74) is 0. The third-order valence-electron chi connectivity index (χ3n) is 1.40. The van der Waals surface area contributed by atoms with Crippen molar-refractivity contribution < 1.29 is 13.2 Å². The lowest BCUT2D eigenvalue weighted by atomic mass is 10.7. The predicted octanol–water partition coefficient (Wildman–Crippen LogP) is 0.234. The van der Waals surface area contributed by atoms with E-state index in [0.29, 0.717) is 6.54 Å². The molecule has 0 N–H and O–H groups in total. The molecule has 0 fully saturated rings. The average Bonchev–Trinajstić information content (AvgIpc) is 2.45. The highest BCUT2D eigenvalue weighted by molar-refractivity contribution is 8.13. The van der Waals surface area contributed by atoms with Gasteiger partial charge < -0.3 is 4.74 Å². The molecule has 0 radical (unpaired) electrons. The van der Waals surface area contributed by atoms with Crippen molar-refractivity contribution in [3.8, 4) is 6.01 Å². The molecule has 1 rings (SSSR count). The van der Waals surface area contributed by atoms with E-state index >= 15 is 0 Å². The Balaban J connectivity index is 3.32. The number of ether oxygens (including phenoxy) is 1. The number of nitrogens with zero attached hydrogens (tertiary/aromatic N) is 3. The summed E-state index contributed by atoms with van der Waals surface area (Å²) in [7, 11) is 2.63. The van der Waals surface area contributed by atoms with Gasteiger partial charge in [-0.3, -0.25) is 4.57 Å². The number of methoxy groups -OCH3 is 1. The van der Waals surface area contributed by atoms with Gasteiger partial charge in [0.1, 0.15) is 0 Å². The second-order valence-electron chi connectivity index (χ2n) is 2.15. The molecule has 0 aliphatic carbocycles. The SMILES string of the molecule is CCn1c(OC)nnc1S(=O)(=O)Cl. The minimum absolute atomic E-state index is 0.127. The summed E-state index contributed by atoms with van der Waals surface area (Å²) in [5, 5.41) is 6.60. The van der Waals surface area contributed by atoms with E-state index in [2.05, 4.69) is 10.2 Å². The summed E-state index contributed by atoms with van der Waals surface area (Å²) in [6.07, 6.45) is 0. The Morgan fingerprint density at radius 1 is 1.54 bits per heavy atom. The van der Waals surface area contributed by atoms with Crippen LogP contribution in [0.5, 0.6) is 6.01 Å². The molecule has 0 saturated heterocycles. The van der Waals surface area contributed by atoms with Crippen molar-refractivity contribution in [3.05, 3.63) is 0 Å². The molecule has 8 heteroatoms. The van der Waals surface area contributed by atoms with E-state index < -0.39 is 9.05 Å². The molecule has 0 unspecified atom stereocenters. The average molecular weight is 226 g/mol. The molecule has 0 aliphatic rings. The fraction of sp³-hybridized carbons (Fsp3) is 0.600. The summed E-state index contributed by atoms with van der Waals surface area (Å²) in [5.74, 6) is 0. The van der Waals surface area contributed by atoms with Crippen LogP contribution in [0.1, 0.15) is 6.92 Å². The van der Waals surface area contributed by atoms with Crippen LogP contribution in [0, 0.1) is 0 Å². The number of rotatable bonds is 3. The Kier molecular flexibility index (Phi) is 2.77. The number of halogens is 1. The maximum absolute atomic E-state index is 10.9. The molecule has 0 spiro atoms. The van der Waals surface area contributed by atoms with E-state index in [9.17, 15) is 8.42 Å². The number of hydrogen-bond acceptors (Lipinski definition) is 5. The van der Waals surface area contributed by atoms with Gasteiger partial charge in [0.15, 0.2) is 0 Å². The molecule has 0 amide bonds. The molecule has 1 heterocycles. The minimum Gasteiger partial charge on any atom is -0.467 e. The number of hydrogen-bond donors (Lipinski definition) is 0. The summed E-state index contributed by atoms with van der Waals surface area (Å²) >= 11 is 0. The van der Waals surface area contributed by atoms with Crippen molar-refractivity contribution in [2.45, 2.75) is 18.6 Å². The van der Waals surface area contributed by atoms with Crippen molar-refractivity contribution in [2.75, 3.05) is 7.11 Å². The van der Waals surface area contributed by atoms with E-state index in [4.69, 9.17) is 15.4 Å². The van der Waals surface area contributed by atoms with Crippen LogP contribution in [-0.2, 0) is 15.6 Å². The van der Waals surface area contributed by atoms with Crippen LogP contribution in [0.3, 0.4) is 0 Å². The Bertz CT molecular complexity index is 399. The molecule has 0 atom stereocenters. The Morgan fingerprint density at radius 3 is 2.54 bits per heavy atom. The Hall–Kier alpha value is -0.820. The predicted molar refractivity (Wildman–Crippen MR) is 45.3 cm³/mol. The summed E-state index contributed by atoms with van der Waals surface area (Å²) in [6, 6.07) is 0.127. The molecule has 6 nitrogen and oxygen atoms in total. The summed E-state index contributed by atoms with van der Waals surface area (Å²) < 4.78 is 27.9. The summed E-state index contributed by atoms with van der Waals surface area (Å²) in [4.78, 5) is 0. The zero-order valence-electron chi connectivity index (χ0n) is 7.06. The highest BCUT2D eigenvalue weighted by atomic mass is 35.7. The lowest BCUT2D eigenvalue weighted by molar-refractivity contribution is 0.353. The standard InChI is InChI=1S/C5H8ClN3O3S/c1-3-9-4(12-2)7-8-5(9)13(6,10)11/h3H2,1-2H3. The van der Waals surface area contributed by atoms with E-state index in [0.717, 1.165) is 0 Å². The van der Waals surface area contributed by atoms with E-state index in [1.54, 1.807) is 6.92 Å². The van der Waals surface area contributed by atoms with Gasteiger partial charge in [-0.05, 0) is 6.92 Å². The molecule has 74 valence electrons. The molecule has 13 heavy (non-hydrogen) atoms. The van der Waals surface area contributed by atoms with Crippen LogP contribution >= 0.6 is 10.7 Å². The van der Waals surface area contributed by atoms with Gasteiger partial charge in [0.05, 0.1) is 7.11 Å². The van der Waals surface area contributed by atoms with Crippen molar-refractivity contribution in [2.24, 2.45) is 0 Å². The van der Waals surface area contributed by atoms with Crippen molar-refractivity contribution in [1.82, 2.24) is 14.8 Å². The smallest absolute Gasteiger partial charge is 0.317 e. The van der Waals surface area contributed by atoms with Gasteiger partial charge in [-0.2, -0.15) is 0 Å². The Labute approximate surface area is 79.9 Å². The fourth-order valence-electron chi connectivity index (χ4n) is 0.877. The van der Waals surface area contributed by atoms with Crippen molar-refractivity contribution in [3.63, 3.8) is 0 Å². The lowest BCUT2D eigenvalue weighted by Gasteiger charge is -2.02. The molecule has 1 aromatic rings.